The molecule has 2 aliphatic rings. The van der Waals surface area contributed by atoms with Crippen LogP contribution in [0.3, 0.4) is 0 Å². The van der Waals surface area contributed by atoms with Crippen LogP contribution >= 0.6 is 0 Å². The Morgan fingerprint density at radius 3 is 1.46 bits per heavy atom. The molecule has 0 bridgehead atoms. The molecule has 0 radical (unpaired) electrons. The molecule has 4 rings (SSSR count). The van der Waals surface area contributed by atoms with Gasteiger partial charge in [0, 0.05) is 22.3 Å². The van der Waals surface area contributed by atoms with Crippen molar-refractivity contribution in [2.45, 2.75) is 39.9 Å². The first-order chi connectivity index (χ1) is 13.4. The van der Waals surface area contributed by atoms with E-state index in [1.807, 2.05) is 39.8 Å². The molecule has 150 valence electrons. The SMILES string of the molecule is Cc1cc(OCC2CO2)c(-c2c(OCC3CO3)cc(C)c(O)c2C)c(C)c1O. The molecule has 2 N–H and O–H groups in total. The predicted octanol–water partition coefficient (Wildman–Crippen LogP) is 3.55. The Morgan fingerprint density at radius 2 is 1.14 bits per heavy atom. The highest BCUT2D eigenvalue weighted by atomic mass is 16.6. The number of epoxide rings is 2. The zero-order valence-corrected chi connectivity index (χ0v) is 16.7. The molecule has 2 unspecified atom stereocenters. The molecule has 2 heterocycles. The van der Waals surface area contributed by atoms with Crippen molar-refractivity contribution in [3.8, 4) is 34.1 Å². The van der Waals surface area contributed by atoms with Crippen molar-refractivity contribution >= 4 is 0 Å². The monoisotopic (exact) mass is 386 g/mol. The number of aromatic hydroxyl groups is 2. The van der Waals surface area contributed by atoms with Gasteiger partial charge in [-0.3, -0.25) is 0 Å². The van der Waals surface area contributed by atoms with Crippen LogP contribution in [0.2, 0.25) is 0 Å². The molecule has 0 spiro atoms. The van der Waals surface area contributed by atoms with Gasteiger partial charge in [0.15, 0.2) is 0 Å². The first-order valence-corrected chi connectivity index (χ1v) is 9.52. The maximum atomic E-state index is 10.6. The van der Waals surface area contributed by atoms with Gasteiger partial charge in [0.25, 0.3) is 0 Å². The molecule has 0 aromatic heterocycles. The number of aryl methyl sites for hydroxylation is 2. The number of rotatable bonds is 7. The van der Waals surface area contributed by atoms with Crippen LogP contribution in [0.25, 0.3) is 11.1 Å². The van der Waals surface area contributed by atoms with Crippen LogP contribution in [-0.2, 0) is 9.47 Å². The Bertz CT molecular complexity index is 837. The second-order valence-electron chi connectivity index (χ2n) is 7.61. The highest BCUT2D eigenvalue weighted by Gasteiger charge is 2.28. The number of phenolic OH excluding ortho intramolecular Hbond substituents is 2. The molecule has 0 aliphatic carbocycles. The van der Waals surface area contributed by atoms with E-state index in [1.54, 1.807) is 0 Å². The molecule has 2 aromatic carbocycles. The second kappa shape index (κ2) is 7.18. The number of phenols is 2. The van der Waals surface area contributed by atoms with Crippen LogP contribution in [-0.4, -0.2) is 48.8 Å². The third-order valence-electron chi connectivity index (χ3n) is 5.30. The predicted molar refractivity (Wildman–Crippen MR) is 105 cm³/mol. The van der Waals surface area contributed by atoms with Crippen LogP contribution < -0.4 is 9.47 Å². The minimum absolute atomic E-state index is 0.109. The normalized spacial score (nSPS) is 20.1. The van der Waals surface area contributed by atoms with Crippen LogP contribution in [0.15, 0.2) is 12.1 Å². The maximum absolute atomic E-state index is 10.6. The lowest BCUT2D eigenvalue weighted by Crippen LogP contribution is -2.09. The van der Waals surface area contributed by atoms with Gasteiger partial charge >= 0.3 is 0 Å². The standard InChI is InChI=1S/C22H26O6/c1-11-5-17(27-9-15-7-25-15)19(13(3)21(11)23)20-14(4)22(24)12(2)6-18(20)28-10-16-8-26-16/h5-6,15-16,23-24H,7-10H2,1-4H3. The second-order valence-corrected chi connectivity index (χ2v) is 7.61. The van der Waals surface area contributed by atoms with Gasteiger partial charge in [-0.1, -0.05) is 0 Å². The first-order valence-electron chi connectivity index (χ1n) is 9.52. The summed E-state index contributed by atoms with van der Waals surface area (Å²) in [5.41, 5.74) is 4.29. The maximum Gasteiger partial charge on any atom is 0.128 e. The van der Waals surface area contributed by atoms with Gasteiger partial charge in [0.05, 0.1) is 13.2 Å². The zero-order chi connectivity index (χ0) is 20.0. The molecular formula is C22H26O6. The summed E-state index contributed by atoms with van der Waals surface area (Å²) in [5.74, 6) is 1.70. The van der Waals surface area contributed by atoms with E-state index in [-0.39, 0.29) is 23.7 Å². The van der Waals surface area contributed by atoms with Gasteiger partial charge in [0.1, 0.15) is 48.4 Å². The quantitative estimate of drug-likeness (QED) is 0.708. The van der Waals surface area contributed by atoms with Crippen LogP contribution in [0.4, 0.5) is 0 Å². The van der Waals surface area contributed by atoms with E-state index in [0.29, 0.717) is 49.1 Å². The minimum atomic E-state index is 0.109. The van der Waals surface area contributed by atoms with Gasteiger partial charge in [-0.05, 0) is 51.0 Å². The average Bonchev–Trinajstić information content (AvgIpc) is 3.56. The lowest BCUT2D eigenvalue weighted by molar-refractivity contribution is 0.260. The Kier molecular flexibility index (Phi) is 4.85. The molecule has 2 aliphatic heterocycles. The number of hydrogen-bond acceptors (Lipinski definition) is 6. The summed E-state index contributed by atoms with van der Waals surface area (Å²) < 4.78 is 22.6. The zero-order valence-electron chi connectivity index (χ0n) is 16.7. The van der Waals surface area contributed by atoms with Gasteiger partial charge in [-0.2, -0.15) is 0 Å². The molecule has 28 heavy (non-hydrogen) atoms. The molecule has 2 fully saturated rings. The molecule has 2 aromatic rings. The van der Waals surface area contributed by atoms with Gasteiger partial charge in [-0.25, -0.2) is 0 Å². The fourth-order valence-electron chi connectivity index (χ4n) is 3.42. The third-order valence-corrected chi connectivity index (χ3v) is 5.30. The van der Waals surface area contributed by atoms with E-state index in [1.165, 1.54) is 0 Å². The largest absolute Gasteiger partial charge is 0.507 e. The summed E-state index contributed by atoms with van der Waals surface area (Å²) in [5, 5.41) is 21.2. The first kappa shape index (κ1) is 18.9. The molecule has 2 atom stereocenters. The summed E-state index contributed by atoms with van der Waals surface area (Å²) >= 11 is 0. The van der Waals surface area contributed by atoms with Crippen LogP contribution in [0.1, 0.15) is 22.3 Å². The Hall–Kier alpha value is -2.44. The lowest BCUT2D eigenvalue weighted by Gasteiger charge is -2.22. The fourth-order valence-corrected chi connectivity index (χ4v) is 3.42. The third kappa shape index (κ3) is 3.62. The lowest BCUT2D eigenvalue weighted by atomic mass is 9.91. The van der Waals surface area contributed by atoms with E-state index in [0.717, 1.165) is 22.3 Å². The highest BCUT2D eigenvalue weighted by molar-refractivity contribution is 5.85. The average molecular weight is 386 g/mol. The Labute approximate surface area is 164 Å². The van der Waals surface area contributed by atoms with E-state index in [9.17, 15) is 10.2 Å². The van der Waals surface area contributed by atoms with Crippen molar-refractivity contribution in [3.63, 3.8) is 0 Å². The van der Waals surface area contributed by atoms with Crippen molar-refractivity contribution in [3.05, 3.63) is 34.4 Å². The van der Waals surface area contributed by atoms with Crippen molar-refractivity contribution in [1.82, 2.24) is 0 Å². The number of ether oxygens (including phenoxy) is 4. The molecular weight excluding hydrogens is 360 g/mol. The van der Waals surface area contributed by atoms with E-state index >= 15 is 0 Å². The van der Waals surface area contributed by atoms with Gasteiger partial charge < -0.3 is 29.2 Å². The topological polar surface area (TPSA) is 84.0 Å². The number of benzene rings is 2. The van der Waals surface area contributed by atoms with Gasteiger partial charge in [-0.15, -0.1) is 0 Å². The highest BCUT2D eigenvalue weighted by Crippen LogP contribution is 2.48. The summed E-state index contributed by atoms with van der Waals surface area (Å²) in [7, 11) is 0. The molecule has 0 saturated carbocycles. The Balaban J connectivity index is 1.86. The van der Waals surface area contributed by atoms with Crippen molar-refractivity contribution in [1.29, 1.82) is 0 Å². The summed E-state index contributed by atoms with van der Waals surface area (Å²) in [6, 6.07) is 3.65. The summed E-state index contributed by atoms with van der Waals surface area (Å²) in [6.07, 6.45) is 0.218. The van der Waals surface area contributed by atoms with Gasteiger partial charge in [0.2, 0.25) is 0 Å². The minimum Gasteiger partial charge on any atom is -0.507 e. The summed E-state index contributed by atoms with van der Waals surface area (Å²) in [4.78, 5) is 0. The smallest absolute Gasteiger partial charge is 0.128 e. The van der Waals surface area contributed by atoms with E-state index < -0.39 is 0 Å². The molecule has 2 saturated heterocycles. The Morgan fingerprint density at radius 1 is 0.786 bits per heavy atom. The van der Waals surface area contributed by atoms with E-state index in [2.05, 4.69) is 0 Å². The van der Waals surface area contributed by atoms with Crippen molar-refractivity contribution < 1.29 is 29.2 Å². The van der Waals surface area contributed by atoms with Crippen LogP contribution in [0.5, 0.6) is 23.0 Å². The van der Waals surface area contributed by atoms with Crippen LogP contribution in [0, 0.1) is 27.7 Å². The van der Waals surface area contributed by atoms with Crippen molar-refractivity contribution in [2.24, 2.45) is 0 Å². The molecule has 6 nitrogen and oxygen atoms in total. The molecule has 0 amide bonds. The summed E-state index contributed by atoms with van der Waals surface area (Å²) in [6.45, 7) is 9.67. The van der Waals surface area contributed by atoms with E-state index in [4.69, 9.17) is 18.9 Å². The molecule has 6 heteroatoms. The number of hydrogen-bond donors (Lipinski definition) is 2. The van der Waals surface area contributed by atoms with Crippen molar-refractivity contribution in [2.75, 3.05) is 26.4 Å². The fraction of sp³-hybridized carbons (Fsp3) is 0.455.